The number of carbonyl (C=O) groups is 1. The van der Waals surface area contributed by atoms with Crippen LogP contribution in [-0.4, -0.2) is 28.3 Å². The van der Waals surface area contributed by atoms with Gasteiger partial charge in [-0.2, -0.15) is 4.37 Å². The zero-order valence-electron chi connectivity index (χ0n) is 12.3. The van der Waals surface area contributed by atoms with Crippen molar-refractivity contribution in [3.05, 3.63) is 52.5 Å². The first-order valence-corrected chi connectivity index (χ1v) is 8.32. The first-order chi connectivity index (χ1) is 10.2. The third-order valence-corrected chi connectivity index (χ3v) is 4.97. The Morgan fingerprint density at radius 2 is 2.00 bits per heavy atom. The van der Waals surface area contributed by atoms with Gasteiger partial charge in [-0.15, -0.1) is 0 Å². The molecule has 0 radical (unpaired) electrons. The summed E-state index contributed by atoms with van der Waals surface area (Å²) < 4.78 is 4.20. The van der Waals surface area contributed by atoms with Crippen molar-refractivity contribution >= 4 is 17.4 Å². The summed E-state index contributed by atoms with van der Waals surface area (Å²) in [5, 5.41) is 1.87. The van der Waals surface area contributed by atoms with Gasteiger partial charge in [0.1, 0.15) is 0 Å². The van der Waals surface area contributed by atoms with Crippen LogP contribution in [-0.2, 0) is 6.42 Å². The van der Waals surface area contributed by atoms with E-state index in [0.29, 0.717) is 5.92 Å². The molecule has 1 aliphatic rings. The number of aromatic nitrogens is 1. The third kappa shape index (κ3) is 3.32. The summed E-state index contributed by atoms with van der Waals surface area (Å²) in [7, 11) is 0. The lowest BCUT2D eigenvalue weighted by Crippen LogP contribution is -2.39. The molecule has 0 unspecified atom stereocenters. The van der Waals surface area contributed by atoms with Crippen LogP contribution in [0.5, 0.6) is 0 Å². The van der Waals surface area contributed by atoms with Crippen molar-refractivity contribution in [3.63, 3.8) is 0 Å². The van der Waals surface area contributed by atoms with Gasteiger partial charge in [0.2, 0.25) is 0 Å². The van der Waals surface area contributed by atoms with Crippen LogP contribution in [0.15, 0.2) is 35.7 Å². The fourth-order valence-electron chi connectivity index (χ4n) is 2.96. The SMILES string of the molecule is Cc1nscc1C(=O)N1CCC(Cc2ccccc2)CC1. The Bertz CT molecular complexity index is 600. The van der Waals surface area contributed by atoms with Crippen LogP contribution in [0.2, 0.25) is 0 Å². The lowest BCUT2D eigenvalue weighted by Gasteiger charge is -2.32. The highest BCUT2D eigenvalue weighted by Gasteiger charge is 2.25. The number of aryl methyl sites for hydroxylation is 1. The van der Waals surface area contributed by atoms with E-state index in [0.717, 1.165) is 43.6 Å². The lowest BCUT2D eigenvalue weighted by molar-refractivity contribution is 0.0690. The summed E-state index contributed by atoms with van der Waals surface area (Å²) in [5.41, 5.74) is 3.04. The van der Waals surface area contributed by atoms with Gasteiger partial charge in [0.25, 0.3) is 5.91 Å². The minimum atomic E-state index is 0.152. The van der Waals surface area contributed by atoms with Crippen molar-refractivity contribution in [3.8, 4) is 0 Å². The molecule has 0 bridgehead atoms. The van der Waals surface area contributed by atoms with Crippen molar-refractivity contribution < 1.29 is 4.79 Å². The van der Waals surface area contributed by atoms with E-state index in [-0.39, 0.29) is 5.91 Å². The minimum absolute atomic E-state index is 0.152. The summed E-state index contributed by atoms with van der Waals surface area (Å²) in [6.45, 7) is 3.64. The second-order valence-corrected chi connectivity index (χ2v) is 6.37. The van der Waals surface area contributed by atoms with Crippen molar-refractivity contribution in [1.82, 2.24) is 9.27 Å². The molecule has 1 aromatic carbocycles. The van der Waals surface area contributed by atoms with E-state index in [9.17, 15) is 4.79 Å². The fraction of sp³-hybridized carbons (Fsp3) is 0.412. The molecule has 0 saturated carbocycles. The van der Waals surface area contributed by atoms with E-state index in [1.54, 1.807) is 0 Å². The molecule has 4 heteroatoms. The molecule has 0 atom stereocenters. The number of benzene rings is 1. The maximum absolute atomic E-state index is 12.4. The molecule has 21 heavy (non-hydrogen) atoms. The van der Waals surface area contributed by atoms with Crippen LogP contribution in [0.4, 0.5) is 0 Å². The van der Waals surface area contributed by atoms with Gasteiger partial charge in [0.15, 0.2) is 0 Å². The fourth-order valence-corrected chi connectivity index (χ4v) is 3.64. The summed E-state index contributed by atoms with van der Waals surface area (Å²) in [6, 6.07) is 10.6. The van der Waals surface area contributed by atoms with Crippen molar-refractivity contribution in [1.29, 1.82) is 0 Å². The molecule has 110 valence electrons. The van der Waals surface area contributed by atoms with Crippen molar-refractivity contribution in [2.45, 2.75) is 26.2 Å². The predicted molar refractivity (Wildman–Crippen MR) is 85.6 cm³/mol. The molecular formula is C17H20N2OS. The van der Waals surface area contributed by atoms with Crippen LogP contribution in [0.25, 0.3) is 0 Å². The normalized spacial score (nSPS) is 16.1. The molecular weight excluding hydrogens is 280 g/mol. The monoisotopic (exact) mass is 300 g/mol. The smallest absolute Gasteiger partial charge is 0.256 e. The molecule has 1 amide bonds. The molecule has 1 fully saturated rings. The van der Waals surface area contributed by atoms with Gasteiger partial charge in [-0.1, -0.05) is 30.3 Å². The summed E-state index contributed by atoms with van der Waals surface area (Å²) in [6.07, 6.45) is 3.32. The molecule has 1 aromatic heterocycles. The number of amides is 1. The molecule has 3 rings (SSSR count). The quantitative estimate of drug-likeness (QED) is 0.868. The Morgan fingerprint density at radius 1 is 1.29 bits per heavy atom. The zero-order chi connectivity index (χ0) is 14.7. The zero-order valence-corrected chi connectivity index (χ0v) is 13.1. The van der Waals surface area contributed by atoms with Crippen LogP contribution >= 0.6 is 11.5 Å². The van der Waals surface area contributed by atoms with E-state index >= 15 is 0 Å². The lowest BCUT2D eigenvalue weighted by atomic mass is 9.90. The number of hydrogen-bond donors (Lipinski definition) is 0. The Hall–Kier alpha value is -1.68. The molecule has 1 saturated heterocycles. The highest BCUT2D eigenvalue weighted by molar-refractivity contribution is 7.03. The summed E-state index contributed by atoms with van der Waals surface area (Å²) >= 11 is 1.36. The number of carbonyl (C=O) groups excluding carboxylic acids is 1. The standard InChI is InChI=1S/C17H20N2OS/c1-13-16(12-21-18-13)17(20)19-9-7-15(8-10-19)11-14-5-3-2-4-6-14/h2-6,12,15H,7-11H2,1H3. The van der Waals surface area contributed by atoms with Crippen LogP contribution in [0, 0.1) is 12.8 Å². The maximum atomic E-state index is 12.4. The Labute approximate surface area is 129 Å². The molecule has 2 heterocycles. The van der Waals surface area contributed by atoms with E-state index in [2.05, 4.69) is 34.7 Å². The first-order valence-electron chi connectivity index (χ1n) is 7.48. The first kappa shape index (κ1) is 14.3. The van der Waals surface area contributed by atoms with Crippen molar-refractivity contribution in [2.75, 3.05) is 13.1 Å². The summed E-state index contributed by atoms with van der Waals surface area (Å²) in [4.78, 5) is 14.4. The Kier molecular flexibility index (Phi) is 4.34. The van der Waals surface area contributed by atoms with Crippen LogP contribution in [0.1, 0.15) is 34.5 Å². The Morgan fingerprint density at radius 3 is 2.62 bits per heavy atom. The van der Waals surface area contributed by atoms with Gasteiger partial charge in [-0.3, -0.25) is 4.79 Å². The molecule has 0 N–H and O–H groups in total. The predicted octanol–water partition coefficient (Wildman–Crippen LogP) is 3.55. The largest absolute Gasteiger partial charge is 0.339 e. The average molecular weight is 300 g/mol. The second kappa shape index (κ2) is 6.39. The van der Waals surface area contributed by atoms with E-state index < -0.39 is 0 Å². The highest BCUT2D eigenvalue weighted by Crippen LogP contribution is 2.23. The van der Waals surface area contributed by atoms with Gasteiger partial charge in [-0.05, 0) is 49.2 Å². The van der Waals surface area contributed by atoms with Crippen LogP contribution < -0.4 is 0 Å². The van der Waals surface area contributed by atoms with Gasteiger partial charge in [0, 0.05) is 18.5 Å². The number of hydrogen-bond acceptors (Lipinski definition) is 3. The highest BCUT2D eigenvalue weighted by atomic mass is 32.1. The third-order valence-electron chi connectivity index (χ3n) is 4.25. The van der Waals surface area contributed by atoms with E-state index in [4.69, 9.17) is 0 Å². The topological polar surface area (TPSA) is 33.2 Å². The molecule has 1 aliphatic heterocycles. The van der Waals surface area contributed by atoms with Crippen LogP contribution in [0.3, 0.4) is 0 Å². The Balaban J connectivity index is 1.56. The van der Waals surface area contributed by atoms with E-state index in [1.165, 1.54) is 17.1 Å². The van der Waals surface area contributed by atoms with Crippen molar-refractivity contribution in [2.24, 2.45) is 5.92 Å². The molecule has 2 aromatic rings. The molecule has 3 nitrogen and oxygen atoms in total. The second-order valence-electron chi connectivity index (χ2n) is 5.74. The van der Waals surface area contributed by atoms with Gasteiger partial charge >= 0.3 is 0 Å². The minimum Gasteiger partial charge on any atom is -0.339 e. The van der Waals surface area contributed by atoms with Gasteiger partial charge in [0.05, 0.1) is 11.3 Å². The van der Waals surface area contributed by atoms with Gasteiger partial charge < -0.3 is 4.90 Å². The molecule has 0 aliphatic carbocycles. The average Bonchev–Trinajstić information content (AvgIpc) is 2.94. The van der Waals surface area contributed by atoms with Gasteiger partial charge in [-0.25, -0.2) is 0 Å². The van der Waals surface area contributed by atoms with E-state index in [1.807, 2.05) is 17.2 Å². The summed E-state index contributed by atoms with van der Waals surface area (Å²) in [5.74, 6) is 0.845. The number of piperidine rings is 1. The number of rotatable bonds is 3. The maximum Gasteiger partial charge on any atom is 0.256 e. The molecule has 0 spiro atoms. The number of nitrogens with zero attached hydrogens (tertiary/aromatic N) is 2. The number of likely N-dealkylation sites (tertiary alicyclic amines) is 1.